The molecule has 1 saturated heterocycles. The summed E-state index contributed by atoms with van der Waals surface area (Å²) < 4.78 is 11.6. The first-order valence-electron chi connectivity index (χ1n) is 12.4. The van der Waals surface area contributed by atoms with Gasteiger partial charge in [-0.1, -0.05) is 36.4 Å². The van der Waals surface area contributed by atoms with Crippen molar-refractivity contribution in [2.45, 2.75) is 19.0 Å². The number of para-hydroxylation sites is 1. The third kappa shape index (κ3) is 4.39. The fraction of sp³-hybridized carbons (Fsp3) is 0.129. The van der Waals surface area contributed by atoms with Gasteiger partial charge in [0.25, 0.3) is 11.7 Å². The van der Waals surface area contributed by atoms with E-state index in [9.17, 15) is 14.7 Å². The van der Waals surface area contributed by atoms with Crippen molar-refractivity contribution in [2.24, 2.45) is 0 Å². The van der Waals surface area contributed by atoms with Crippen molar-refractivity contribution in [2.75, 3.05) is 6.61 Å². The van der Waals surface area contributed by atoms with E-state index in [0.717, 1.165) is 11.3 Å². The van der Waals surface area contributed by atoms with Gasteiger partial charge in [0, 0.05) is 18.2 Å². The number of aromatic nitrogens is 1. The second-order valence-electron chi connectivity index (χ2n) is 9.16. The molecule has 0 spiro atoms. The zero-order valence-electron chi connectivity index (χ0n) is 20.4. The molecule has 0 aliphatic carbocycles. The number of amides is 1. The molecule has 3 heterocycles. The molecule has 38 heavy (non-hydrogen) atoms. The SMILES string of the molecule is O=C1C(=O)N(Cc2ccccn2)C(c2cccc(Oc3ccccc3)c2)/C1=C(/O)c1ccc2c(c1)CCO2. The van der Waals surface area contributed by atoms with Gasteiger partial charge in [0.15, 0.2) is 0 Å². The van der Waals surface area contributed by atoms with Crippen LogP contribution >= 0.6 is 0 Å². The molecule has 188 valence electrons. The van der Waals surface area contributed by atoms with Crippen LogP contribution in [0.5, 0.6) is 17.2 Å². The maximum absolute atomic E-state index is 13.4. The highest BCUT2D eigenvalue weighted by atomic mass is 16.5. The zero-order valence-corrected chi connectivity index (χ0v) is 20.4. The summed E-state index contributed by atoms with van der Waals surface area (Å²) in [6.07, 6.45) is 2.36. The fourth-order valence-electron chi connectivity index (χ4n) is 4.92. The molecule has 2 aliphatic heterocycles. The highest BCUT2D eigenvalue weighted by molar-refractivity contribution is 6.46. The molecular formula is C31H24N2O5. The average Bonchev–Trinajstić information content (AvgIpc) is 3.52. The first-order chi connectivity index (χ1) is 18.6. The van der Waals surface area contributed by atoms with Gasteiger partial charge in [0.2, 0.25) is 0 Å². The number of hydrogen-bond acceptors (Lipinski definition) is 6. The van der Waals surface area contributed by atoms with Gasteiger partial charge in [-0.15, -0.1) is 0 Å². The van der Waals surface area contributed by atoms with Gasteiger partial charge in [-0.05, 0) is 65.7 Å². The van der Waals surface area contributed by atoms with Crippen molar-refractivity contribution in [3.8, 4) is 17.2 Å². The number of carbonyl (C=O) groups excluding carboxylic acids is 2. The normalized spacial score (nSPS) is 17.8. The Labute approximate surface area is 219 Å². The number of benzene rings is 3. The van der Waals surface area contributed by atoms with Gasteiger partial charge in [-0.3, -0.25) is 14.6 Å². The van der Waals surface area contributed by atoms with Crippen LogP contribution in [0.3, 0.4) is 0 Å². The van der Waals surface area contributed by atoms with Gasteiger partial charge in [0.1, 0.15) is 23.0 Å². The third-order valence-electron chi connectivity index (χ3n) is 6.71. The third-order valence-corrected chi connectivity index (χ3v) is 6.71. The number of Topliss-reactive ketones (excluding diaryl/α,β-unsaturated/α-hetero) is 1. The predicted molar refractivity (Wildman–Crippen MR) is 141 cm³/mol. The van der Waals surface area contributed by atoms with Crippen molar-refractivity contribution in [3.05, 3.63) is 125 Å². The number of carbonyl (C=O) groups is 2. The summed E-state index contributed by atoms with van der Waals surface area (Å²) in [4.78, 5) is 32.6. The molecule has 7 heteroatoms. The Morgan fingerprint density at radius 1 is 0.947 bits per heavy atom. The molecule has 1 unspecified atom stereocenters. The van der Waals surface area contributed by atoms with Gasteiger partial charge in [0.05, 0.1) is 30.5 Å². The maximum Gasteiger partial charge on any atom is 0.296 e. The average molecular weight is 505 g/mol. The van der Waals surface area contributed by atoms with Crippen molar-refractivity contribution < 1.29 is 24.2 Å². The monoisotopic (exact) mass is 504 g/mol. The first kappa shape index (κ1) is 23.5. The summed E-state index contributed by atoms with van der Waals surface area (Å²) in [5.41, 5.74) is 2.71. The number of fused-ring (bicyclic) bond motifs is 1. The van der Waals surface area contributed by atoms with E-state index in [4.69, 9.17) is 9.47 Å². The Morgan fingerprint density at radius 2 is 1.76 bits per heavy atom. The van der Waals surface area contributed by atoms with E-state index < -0.39 is 17.7 Å². The van der Waals surface area contributed by atoms with Crippen LogP contribution in [-0.2, 0) is 22.6 Å². The Kier molecular flexibility index (Phi) is 6.09. The van der Waals surface area contributed by atoms with Crippen molar-refractivity contribution in [1.29, 1.82) is 0 Å². The topological polar surface area (TPSA) is 89.0 Å². The lowest BCUT2D eigenvalue weighted by Gasteiger charge is -2.25. The number of aliphatic hydroxyl groups excluding tert-OH is 1. The predicted octanol–water partition coefficient (Wildman–Crippen LogP) is 5.43. The van der Waals surface area contributed by atoms with Crippen LogP contribution < -0.4 is 9.47 Å². The number of likely N-dealkylation sites (tertiary alicyclic amines) is 1. The highest BCUT2D eigenvalue weighted by Crippen LogP contribution is 2.42. The molecule has 4 aromatic rings. The Morgan fingerprint density at radius 3 is 2.58 bits per heavy atom. The standard InChI is InChI=1S/C31H24N2O5/c34-29(22-12-13-26-20(17-22)14-16-37-26)27-28(33(31(36)30(27)35)19-23-8-4-5-15-32-23)21-7-6-11-25(18-21)38-24-9-2-1-3-10-24/h1-13,15,17-18,28,34H,14,16,19H2/b29-27-. The summed E-state index contributed by atoms with van der Waals surface area (Å²) in [6, 6.07) is 26.5. The first-order valence-corrected chi connectivity index (χ1v) is 12.4. The van der Waals surface area contributed by atoms with Gasteiger partial charge in [-0.25, -0.2) is 0 Å². The van der Waals surface area contributed by atoms with E-state index in [1.54, 1.807) is 42.6 Å². The molecule has 6 rings (SSSR count). The molecule has 7 nitrogen and oxygen atoms in total. The summed E-state index contributed by atoms with van der Waals surface area (Å²) in [6.45, 7) is 0.677. The molecule has 1 N–H and O–H groups in total. The fourth-order valence-corrected chi connectivity index (χ4v) is 4.92. The van der Waals surface area contributed by atoms with E-state index in [0.29, 0.717) is 41.3 Å². The van der Waals surface area contributed by atoms with E-state index in [1.807, 2.05) is 54.6 Å². The Balaban J connectivity index is 1.45. The lowest BCUT2D eigenvalue weighted by atomic mass is 9.94. The lowest BCUT2D eigenvalue weighted by Crippen LogP contribution is -2.29. The molecular weight excluding hydrogens is 480 g/mol. The molecule has 1 fully saturated rings. The summed E-state index contributed by atoms with van der Waals surface area (Å²) >= 11 is 0. The highest BCUT2D eigenvalue weighted by Gasteiger charge is 2.46. The number of pyridine rings is 1. The largest absolute Gasteiger partial charge is 0.507 e. The Bertz CT molecular complexity index is 1550. The molecule has 0 bridgehead atoms. The van der Waals surface area contributed by atoms with E-state index in [-0.39, 0.29) is 17.9 Å². The molecule has 0 radical (unpaired) electrons. The Hall–Kier alpha value is -4.91. The van der Waals surface area contributed by atoms with Gasteiger partial charge in [-0.2, -0.15) is 0 Å². The minimum atomic E-state index is -0.833. The number of rotatable bonds is 6. The van der Waals surface area contributed by atoms with Crippen molar-refractivity contribution in [1.82, 2.24) is 9.88 Å². The zero-order chi connectivity index (χ0) is 26.1. The van der Waals surface area contributed by atoms with Crippen LogP contribution in [0.15, 0.2) is 103 Å². The number of ether oxygens (including phenoxy) is 2. The molecule has 1 amide bonds. The minimum absolute atomic E-state index is 0.0293. The molecule has 0 saturated carbocycles. The number of hydrogen-bond donors (Lipinski definition) is 1. The van der Waals surface area contributed by atoms with Crippen LogP contribution in [0.4, 0.5) is 0 Å². The quantitative estimate of drug-likeness (QED) is 0.214. The molecule has 2 aliphatic rings. The van der Waals surface area contributed by atoms with Crippen LogP contribution in [-0.4, -0.2) is 33.3 Å². The second-order valence-corrected chi connectivity index (χ2v) is 9.16. The van der Waals surface area contributed by atoms with Gasteiger partial charge >= 0.3 is 0 Å². The van der Waals surface area contributed by atoms with E-state index >= 15 is 0 Å². The smallest absolute Gasteiger partial charge is 0.296 e. The molecule has 1 atom stereocenters. The van der Waals surface area contributed by atoms with Crippen molar-refractivity contribution >= 4 is 17.4 Å². The van der Waals surface area contributed by atoms with E-state index in [1.165, 1.54) is 4.90 Å². The van der Waals surface area contributed by atoms with Crippen LogP contribution in [0.2, 0.25) is 0 Å². The second kappa shape index (κ2) is 9.86. The molecule has 1 aromatic heterocycles. The summed E-state index contributed by atoms with van der Waals surface area (Å²) in [7, 11) is 0. The summed E-state index contributed by atoms with van der Waals surface area (Å²) in [5.74, 6) is 0.315. The summed E-state index contributed by atoms with van der Waals surface area (Å²) in [5, 5.41) is 11.5. The number of aliphatic hydroxyl groups is 1. The van der Waals surface area contributed by atoms with Crippen LogP contribution in [0, 0.1) is 0 Å². The van der Waals surface area contributed by atoms with Crippen LogP contribution in [0.1, 0.15) is 28.4 Å². The maximum atomic E-state index is 13.4. The van der Waals surface area contributed by atoms with Crippen molar-refractivity contribution in [3.63, 3.8) is 0 Å². The number of ketones is 1. The number of nitrogens with zero attached hydrogens (tertiary/aromatic N) is 2. The molecule has 3 aromatic carbocycles. The van der Waals surface area contributed by atoms with Gasteiger partial charge < -0.3 is 19.5 Å². The lowest BCUT2D eigenvalue weighted by molar-refractivity contribution is -0.140. The minimum Gasteiger partial charge on any atom is -0.507 e. The van der Waals surface area contributed by atoms with E-state index in [2.05, 4.69) is 4.98 Å². The van der Waals surface area contributed by atoms with Crippen LogP contribution in [0.25, 0.3) is 5.76 Å².